The van der Waals surface area contributed by atoms with Crippen molar-refractivity contribution in [2.45, 2.75) is 6.42 Å². The second kappa shape index (κ2) is 11.0. The minimum atomic E-state index is -1.00. The summed E-state index contributed by atoms with van der Waals surface area (Å²) in [5.74, 6) is 0.776. The first-order valence-corrected chi connectivity index (χ1v) is 3.28. The number of alkyl halides is 2. The van der Waals surface area contributed by atoms with Crippen LogP contribution in [0.15, 0.2) is 0 Å². The molecule has 0 bridgehead atoms. The molecule has 0 saturated carbocycles. The summed E-state index contributed by atoms with van der Waals surface area (Å²) in [5, 5.41) is 0. The van der Waals surface area contributed by atoms with Gasteiger partial charge in [0.05, 0.1) is 8.52 Å². The van der Waals surface area contributed by atoms with Gasteiger partial charge < -0.3 is 4.90 Å². The fourth-order valence-corrected chi connectivity index (χ4v) is 0.496. The van der Waals surface area contributed by atoms with Gasteiger partial charge in [0, 0.05) is 5.88 Å². The van der Waals surface area contributed by atoms with Crippen molar-refractivity contribution in [3.8, 4) is 0 Å². The van der Waals surface area contributed by atoms with Crippen molar-refractivity contribution in [1.29, 1.82) is 0 Å². The van der Waals surface area contributed by atoms with E-state index in [9.17, 15) is 4.39 Å². The van der Waals surface area contributed by atoms with Gasteiger partial charge in [-0.1, -0.05) is 0 Å². The van der Waals surface area contributed by atoms with E-state index >= 15 is 0 Å². The molecule has 0 aromatic carbocycles. The van der Waals surface area contributed by atoms with Crippen LogP contribution in [-0.4, -0.2) is 38.6 Å². The zero-order chi connectivity index (χ0) is 8.41. The van der Waals surface area contributed by atoms with Crippen molar-refractivity contribution in [2.75, 3.05) is 33.7 Å². The van der Waals surface area contributed by atoms with Crippen molar-refractivity contribution >= 4 is 11.6 Å². The van der Waals surface area contributed by atoms with Crippen LogP contribution in [0.4, 0.5) is 4.39 Å². The van der Waals surface area contributed by atoms with E-state index < -0.39 is 7.15 Å². The zero-order valence-corrected chi connectivity index (χ0v) is 6.79. The number of rotatable bonds is 3. The maximum atomic E-state index is 9.96. The monoisotopic (exact) mass is 156 g/mol. The van der Waals surface area contributed by atoms with Crippen LogP contribution in [0.2, 0.25) is 0 Å². The molecule has 0 unspecified atom stereocenters. The molecule has 0 amide bonds. The standard InChI is InChI=1S/C5H12ClN.CH3F/c1-7(2)5-3-4-6;1-2/h3-5H2,1-2H3;1H3/i;1D. The fraction of sp³-hybridized carbons (Fsp3) is 1.00. The Morgan fingerprint density at radius 1 is 1.67 bits per heavy atom. The predicted molar refractivity (Wildman–Crippen MR) is 40.9 cm³/mol. The topological polar surface area (TPSA) is 3.24 Å². The summed E-state index contributed by atoms with van der Waals surface area (Å²) < 4.78 is 15.5. The van der Waals surface area contributed by atoms with Crippen LogP contribution in [0.25, 0.3) is 0 Å². The van der Waals surface area contributed by atoms with Gasteiger partial charge in [-0.3, -0.25) is 4.39 Å². The molecule has 0 aromatic heterocycles. The maximum absolute atomic E-state index is 9.96. The molecule has 0 heterocycles. The van der Waals surface area contributed by atoms with Gasteiger partial charge in [0.15, 0.2) is 0 Å². The molecule has 0 aliphatic carbocycles. The molecule has 0 aliphatic rings. The van der Waals surface area contributed by atoms with E-state index in [2.05, 4.69) is 4.90 Å². The third-order valence-corrected chi connectivity index (χ3v) is 1.01. The quantitative estimate of drug-likeness (QED) is 0.563. The summed E-state index contributed by atoms with van der Waals surface area (Å²) in [6, 6.07) is 0. The van der Waals surface area contributed by atoms with E-state index in [-0.39, 0.29) is 0 Å². The Morgan fingerprint density at radius 2 is 2.11 bits per heavy atom. The average Bonchev–Trinajstić information content (AvgIpc) is 1.85. The highest BCUT2D eigenvalue weighted by atomic mass is 35.5. The molecule has 0 spiro atoms. The SMILES string of the molecule is CN(C)CCCCl.[2H]CF. The molecule has 58 valence electrons. The molecule has 0 aromatic rings. The van der Waals surface area contributed by atoms with E-state index in [1.807, 2.05) is 14.1 Å². The minimum absolute atomic E-state index is 0.776. The lowest BCUT2D eigenvalue weighted by Gasteiger charge is -2.05. The van der Waals surface area contributed by atoms with Gasteiger partial charge in [-0.2, -0.15) is 0 Å². The van der Waals surface area contributed by atoms with Crippen LogP contribution in [0.5, 0.6) is 0 Å². The summed E-state index contributed by atoms with van der Waals surface area (Å²) >= 11 is 5.42. The first-order chi connectivity index (χ1) is 4.68. The molecule has 0 aliphatic heterocycles. The molecular weight excluding hydrogens is 141 g/mol. The highest BCUT2D eigenvalue weighted by Crippen LogP contribution is 1.84. The Hall–Kier alpha value is 0.180. The van der Waals surface area contributed by atoms with Crippen LogP contribution >= 0.6 is 11.6 Å². The third-order valence-electron chi connectivity index (χ3n) is 0.739. The van der Waals surface area contributed by atoms with Crippen LogP contribution in [0.3, 0.4) is 0 Å². The van der Waals surface area contributed by atoms with Crippen molar-refractivity contribution < 1.29 is 5.76 Å². The molecule has 3 heteroatoms. The van der Waals surface area contributed by atoms with Gasteiger partial charge >= 0.3 is 0 Å². The van der Waals surface area contributed by atoms with Gasteiger partial charge in [-0.15, -0.1) is 11.6 Å². The van der Waals surface area contributed by atoms with Gasteiger partial charge in [0.1, 0.15) is 0 Å². The van der Waals surface area contributed by atoms with Crippen molar-refractivity contribution in [1.82, 2.24) is 4.90 Å². The molecule has 0 radical (unpaired) electrons. The second-order valence-electron chi connectivity index (χ2n) is 1.85. The average molecular weight is 157 g/mol. The molecule has 1 nitrogen and oxygen atoms in total. The predicted octanol–water partition coefficient (Wildman–Crippen LogP) is 1.76. The summed E-state index contributed by atoms with van der Waals surface area (Å²) in [4.78, 5) is 2.13. The van der Waals surface area contributed by atoms with Crippen molar-refractivity contribution in [3.05, 3.63) is 0 Å². The van der Waals surface area contributed by atoms with E-state index in [1.54, 1.807) is 0 Å². The number of halogens is 2. The van der Waals surface area contributed by atoms with E-state index in [1.165, 1.54) is 0 Å². The highest BCUT2D eigenvalue weighted by molar-refractivity contribution is 6.17. The number of nitrogens with zero attached hydrogens (tertiary/aromatic N) is 1. The molecule has 0 rings (SSSR count). The first kappa shape index (κ1) is 9.18. The van der Waals surface area contributed by atoms with Crippen LogP contribution in [-0.2, 0) is 0 Å². The summed E-state index contributed by atoms with van der Waals surface area (Å²) in [6.07, 6.45) is 1.09. The Labute approximate surface area is 63.2 Å². The third kappa shape index (κ3) is 17.9. The zero-order valence-electron chi connectivity index (χ0n) is 7.03. The maximum Gasteiger partial charge on any atom is 0.0785 e. The smallest absolute Gasteiger partial charge is 0.0785 e. The van der Waals surface area contributed by atoms with Gasteiger partial charge in [-0.25, -0.2) is 0 Å². The van der Waals surface area contributed by atoms with Crippen LogP contribution < -0.4 is 0 Å². The van der Waals surface area contributed by atoms with E-state index in [0.29, 0.717) is 0 Å². The number of hydrogen-bond donors (Lipinski definition) is 0. The van der Waals surface area contributed by atoms with E-state index in [4.69, 9.17) is 13.0 Å². The lowest BCUT2D eigenvalue weighted by atomic mass is 10.5. The summed E-state index contributed by atoms with van der Waals surface area (Å²) in [5.41, 5.74) is 0. The second-order valence-corrected chi connectivity index (χ2v) is 2.22. The normalized spacial score (nSPS) is 10.1. The lowest BCUT2D eigenvalue weighted by molar-refractivity contribution is 0.409. The lowest BCUT2D eigenvalue weighted by Crippen LogP contribution is -2.12. The van der Waals surface area contributed by atoms with Gasteiger partial charge in [-0.05, 0) is 27.1 Å². The Kier molecular flexibility index (Phi) is 11.3. The van der Waals surface area contributed by atoms with Crippen LogP contribution in [0, 0.1) is 0 Å². The van der Waals surface area contributed by atoms with Gasteiger partial charge in [0.2, 0.25) is 0 Å². The molecule has 0 N–H and O–H groups in total. The molecular formula is C6H15ClFN. The van der Waals surface area contributed by atoms with Crippen molar-refractivity contribution in [2.24, 2.45) is 0 Å². The van der Waals surface area contributed by atoms with Crippen molar-refractivity contribution in [3.63, 3.8) is 0 Å². The first-order valence-electron chi connectivity index (χ1n) is 3.45. The Bertz CT molecular complexity index is 55.0. The molecule has 0 fully saturated rings. The molecule has 9 heavy (non-hydrogen) atoms. The Balaban J connectivity index is 0. The highest BCUT2D eigenvalue weighted by Gasteiger charge is 1.84. The summed E-state index contributed by atoms with van der Waals surface area (Å²) in [7, 11) is 3.10. The Morgan fingerprint density at radius 3 is 2.22 bits per heavy atom. The fourth-order valence-electron chi connectivity index (χ4n) is 0.376. The van der Waals surface area contributed by atoms with Crippen LogP contribution in [0.1, 0.15) is 7.79 Å². The number of hydrogen-bond acceptors (Lipinski definition) is 1. The molecule has 0 atom stereocenters. The minimum Gasteiger partial charge on any atom is -0.309 e. The molecule has 0 saturated heterocycles. The largest absolute Gasteiger partial charge is 0.309 e. The van der Waals surface area contributed by atoms with Gasteiger partial charge in [0.25, 0.3) is 0 Å². The van der Waals surface area contributed by atoms with E-state index in [0.717, 1.165) is 18.8 Å². The summed E-state index contributed by atoms with van der Waals surface area (Å²) in [6.45, 7) is 1.10.